The number of aromatic nitrogens is 3. The monoisotopic (exact) mass is 441 g/mol. The average Bonchev–Trinajstić information content (AvgIpc) is 3.32. The number of hydrogen-bond acceptors (Lipinski definition) is 6. The van der Waals surface area contributed by atoms with Gasteiger partial charge in [0.15, 0.2) is 11.9 Å². The molecule has 0 amide bonds. The van der Waals surface area contributed by atoms with Crippen LogP contribution in [0.2, 0.25) is 0 Å². The number of imidazole rings is 1. The van der Waals surface area contributed by atoms with Crippen LogP contribution >= 0.6 is 0 Å². The van der Waals surface area contributed by atoms with Gasteiger partial charge in [-0.05, 0) is 45.0 Å². The number of alkyl halides is 2. The van der Waals surface area contributed by atoms with Gasteiger partial charge in [0.05, 0.1) is 22.3 Å². The fourth-order valence-electron chi connectivity index (χ4n) is 3.45. The first kappa shape index (κ1) is 21.5. The molecule has 0 fully saturated rings. The quantitative estimate of drug-likeness (QED) is 0.351. The number of halogens is 2. The van der Waals surface area contributed by atoms with Crippen LogP contribution < -0.4 is 4.74 Å². The Hall–Kier alpha value is -3.75. The highest BCUT2D eigenvalue weighted by Gasteiger charge is 2.26. The Morgan fingerprint density at radius 1 is 1.12 bits per heavy atom. The summed E-state index contributed by atoms with van der Waals surface area (Å²) in [6.45, 7) is 2.40. The molecule has 2 aromatic carbocycles. The number of esters is 1. The van der Waals surface area contributed by atoms with Crippen LogP contribution in [-0.4, -0.2) is 20.7 Å². The summed E-state index contributed by atoms with van der Waals surface area (Å²) in [5.41, 5.74) is 2.32. The summed E-state index contributed by atoms with van der Waals surface area (Å²) in [7, 11) is 0. The van der Waals surface area contributed by atoms with Crippen molar-refractivity contribution in [1.82, 2.24) is 14.7 Å². The molecule has 1 atom stereocenters. The van der Waals surface area contributed by atoms with Gasteiger partial charge in [-0.3, -0.25) is 4.57 Å². The van der Waals surface area contributed by atoms with Crippen molar-refractivity contribution in [1.29, 1.82) is 0 Å². The van der Waals surface area contributed by atoms with Gasteiger partial charge in [-0.25, -0.2) is 9.78 Å². The Kier molecular flexibility index (Phi) is 5.89. The van der Waals surface area contributed by atoms with Crippen LogP contribution in [0.3, 0.4) is 0 Å². The molecule has 0 aliphatic carbocycles. The second-order valence-corrected chi connectivity index (χ2v) is 7.24. The molecule has 0 aliphatic heterocycles. The maximum absolute atomic E-state index is 13.7. The van der Waals surface area contributed by atoms with Crippen molar-refractivity contribution >= 4 is 17.0 Å². The van der Waals surface area contributed by atoms with Crippen molar-refractivity contribution in [2.75, 3.05) is 0 Å². The Morgan fingerprint density at radius 2 is 1.84 bits per heavy atom. The molecule has 2 aromatic heterocycles. The predicted molar refractivity (Wildman–Crippen MR) is 112 cm³/mol. The number of para-hydroxylation sites is 3. The third-order valence-electron chi connectivity index (χ3n) is 5.13. The van der Waals surface area contributed by atoms with E-state index in [1.165, 1.54) is 6.92 Å². The van der Waals surface area contributed by atoms with Crippen LogP contribution in [0.15, 0.2) is 53.1 Å². The predicted octanol–water partition coefficient (Wildman–Crippen LogP) is 5.53. The molecule has 0 aliphatic rings. The number of hydrogen-bond donors (Lipinski definition) is 0. The van der Waals surface area contributed by atoms with E-state index in [1.54, 1.807) is 62.4 Å². The molecule has 0 N–H and O–H groups in total. The molecule has 0 saturated carbocycles. The van der Waals surface area contributed by atoms with Gasteiger partial charge in [0, 0.05) is 0 Å². The molecule has 7 nitrogen and oxygen atoms in total. The minimum absolute atomic E-state index is 0.0383. The first-order valence-corrected chi connectivity index (χ1v) is 9.96. The summed E-state index contributed by atoms with van der Waals surface area (Å²) in [4.78, 5) is 17.1. The minimum Gasteiger partial charge on any atom is -0.488 e. The fraction of sp³-hybridized carbons (Fsp3) is 0.261. The number of aryl methyl sites for hydroxylation is 2. The molecule has 0 bridgehead atoms. The first-order valence-electron chi connectivity index (χ1n) is 9.96. The maximum atomic E-state index is 13.7. The van der Waals surface area contributed by atoms with Crippen molar-refractivity contribution in [3.05, 3.63) is 76.9 Å². The van der Waals surface area contributed by atoms with Gasteiger partial charge in [-0.15, -0.1) is 0 Å². The van der Waals surface area contributed by atoms with Gasteiger partial charge in [0.2, 0.25) is 0 Å². The lowest BCUT2D eigenvalue weighted by atomic mass is 10.2. The van der Waals surface area contributed by atoms with Crippen LogP contribution in [0.25, 0.3) is 11.0 Å². The van der Waals surface area contributed by atoms with E-state index in [-0.39, 0.29) is 23.5 Å². The average molecular weight is 441 g/mol. The third-order valence-corrected chi connectivity index (χ3v) is 5.13. The Labute approximate surface area is 182 Å². The van der Waals surface area contributed by atoms with Gasteiger partial charge >= 0.3 is 12.5 Å². The van der Waals surface area contributed by atoms with Crippen molar-refractivity contribution in [3.8, 4) is 5.75 Å². The van der Waals surface area contributed by atoms with Crippen molar-refractivity contribution in [2.24, 2.45) is 0 Å². The summed E-state index contributed by atoms with van der Waals surface area (Å²) in [6, 6.07) is 13.1. The van der Waals surface area contributed by atoms with Crippen LogP contribution in [0.4, 0.5) is 8.78 Å². The Bertz CT molecular complexity index is 1250. The number of carbonyl (C=O) groups excluding carboxylic acids is 1. The molecule has 4 aromatic rings. The third kappa shape index (κ3) is 4.05. The maximum Gasteiger partial charge on any atom is 0.342 e. The topological polar surface area (TPSA) is 79.4 Å². The molecular weight excluding hydrogens is 420 g/mol. The standard InChI is InChI=1S/C23H21F2N3O4/c1-13-17(14(2)32-27-13)12-30-20-11-7-4-8-16(20)22(29)31-15(3)21-26-18-9-5-6-10-19(18)28(21)23(24)25/h4-11,15,23H,12H2,1-3H3. The lowest BCUT2D eigenvalue weighted by Gasteiger charge is -2.16. The summed E-state index contributed by atoms with van der Waals surface area (Å²) in [5, 5.41) is 3.88. The molecule has 2 heterocycles. The van der Waals surface area contributed by atoms with Crippen LogP contribution in [0.1, 0.15) is 52.8 Å². The minimum atomic E-state index is -2.83. The van der Waals surface area contributed by atoms with E-state index in [4.69, 9.17) is 14.0 Å². The van der Waals surface area contributed by atoms with Gasteiger partial charge < -0.3 is 14.0 Å². The highest BCUT2D eigenvalue weighted by molar-refractivity contribution is 5.92. The molecule has 4 rings (SSSR count). The number of carbonyl (C=O) groups is 1. The molecule has 32 heavy (non-hydrogen) atoms. The van der Waals surface area contributed by atoms with Gasteiger partial charge in [0.25, 0.3) is 0 Å². The summed E-state index contributed by atoms with van der Waals surface area (Å²) < 4.78 is 44.7. The fourth-order valence-corrected chi connectivity index (χ4v) is 3.45. The lowest BCUT2D eigenvalue weighted by Crippen LogP contribution is -2.15. The summed E-state index contributed by atoms with van der Waals surface area (Å²) in [5.74, 6) is 0.178. The van der Waals surface area contributed by atoms with Crippen molar-refractivity contribution in [2.45, 2.75) is 40.0 Å². The van der Waals surface area contributed by atoms with Crippen LogP contribution in [0, 0.1) is 13.8 Å². The molecule has 0 radical (unpaired) electrons. The summed E-state index contributed by atoms with van der Waals surface area (Å²) >= 11 is 0. The second-order valence-electron chi connectivity index (χ2n) is 7.24. The molecule has 9 heteroatoms. The van der Waals surface area contributed by atoms with E-state index in [0.717, 1.165) is 10.1 Å². The zero-order valence-electron chi connectivity index (χ0n) is 17.7. The molecular formula is C23H21F2N3O4. The number of nitrogens with zero attached hydrogens (tertiary/aromatic N) is 3. The van der Waals surface area contributed by atoms with Gasteiger partial charge in [-0.2, -0.15) is 8.78 Å². The van der Waals surface area contributed by atoms with E-state index in [2.05, 4.69) is 10.1 Å². The van der Waals surface area contributed by atoms with E-state index in [9.17, 15) is 13.6 Å². The second kappa shape index (κ2) is 8.78. The lowest BCUT2D eigenvalue weighted by molar-refractivity contribution is 0.0229. The smallest absolute Gasteiger partial charge is 0.342 e. The SMILES string of the molecule is Cc1noc(C)c1COc1ccccc1C(=O)OC(C)c1nc2ccccc2n1C(F)F. The van der Waals surface area contributed by atoms with Gasteiger partial charge in [0.1, 0.15) is 23.7 Å². The molecule has 0 saturated heterocycles. The largest absolute Gasteiger partial charge is 0.488 e. The summed E-state index contributed by atoms with van der Waals surface area (Å²) in [6.07, 6.45) is -1.01. The zero-order chi connectivity index (χ0) is 22.8. The molecule has 0 spiro atoms. The normalized spacial score (nSPS) is 12.3. The van der Waals surface area contributed by atoms with Crippen LogP contribution in [-0.2, 0) is 11.3 Å². The van der Waals surface area contributed by atoms with E-state index < -0.39 is 18.6 Å². The Balaban J connectivity index is 1.56. The zero-order valence-corrected chi connectivity index (χ0v) is 17.7. The van der Waals surface area contributed by atoms with E-state index in [1.807, 2.05) is 0 Å². The number of ether oxygens (including phenoxy) is 2. The number of fused-ring (bicyclic) bond motifs is 1. The highest BCUT2D eigenvalue weighted by atomic mass is 19.3. The highest BCUT2D eigenvalue weighted by Crippen LogP contribution is 2.30. The van der Waals surface area contributed by atoms with Gasteiger partial charge in [-0.1, -0.05) is 29.4 Å². The number of benzene rings is 2. The number of rotatable bonds is 7. The van der Waals surface area contributed by atoms with E-state index in [0.29, 0.717) is 22.7 Å². The molecule has 1 unspecified atom stereocenters. The van der Waals surface area contributed by atoms with E-state index >= 15 is 0 Å². The van der Waals surface area contributed by atoms with Crippen LogP contribution in [0.5, 0.6) is 5.75 Å². The Morgan fingerprint density at radius 3 is 2.56 bits per heavy atom. The first-order chi connectivity index (χ1) is 15.4. The van der Waals surface area contributed by atoms with Crippen molar-refractivity contribution < 1.29 is 27.6 Å². The van der Waals surface area contributed by atoms with Crippen molar-refractivity contribution in [3.63, 3.8) is 0 Å². The molecule has 166 valence electrons.